The quantitative estimate of drug-likeness (QED) is 0.788. The van der Waals surface area contributed by atoms with Gasteiger partial charge in [0.25, 0.3) is 0 Å². The molecule has 0 unspecified atom stereocenters. The van der Waals surface area contributed by atoms with Gasteiger partial charge in [-0.05, 0) is 18.6 Å². The largest absolute Gasteiger partial charge is 0.398 e. The molecule has 1 aliphatic rings. The summed E-state index contributed by atoms with van der Waals surface area (Å²) in [6.45, 7) is 0.469. The van der Waals surface area contributed by atoms with Crippen LogP contribution in [0.2, 0.25) is 0 Å². The predicted octanol–water partition coefficient (Wildman–Crippen LogP) is 0.943. The fourth-order valence-electron chi connectivity index (χ4n) is 1.79. The monoisotopic (exact) mass is 244 g/mol. The summed E-state index contributed by atoms with van der Waals surface area (Å²) < 4.78 is 37.8. The van der Waals surface area contributed by atoms with Crippen molar-refractivity contribution in [3.05, 3.63) is 29.6 Å². The van der Waals surface area contributed by atoms with Crippen molar-refractivity contribution in [3.8, 4) is 0 Å². The average Bonchev–Trinajstić information content (AvgIpc) is 2.52. The van der Waals surface area contributed by atoms with Crippen LogP contribution in [0.3, 0.4) is 0 Å². The standard InChI is InChI=1S/C10H13FN2O2S/c11-9-3-1-4-10(12)8(9)7-13-5-2-6-16(13,14)15/h1,3-4H,2,5-7,12H2. The van der Waals surface area contributed by atoms with E-state index in [1.165, 1.54) is 16.4 Å². The van der Waals surface area contributed by atoms with Crippen molar-refractivity contribution in [2.24, 2.45) is 0 Å². The van der Waals surface area contributed by atoms with Gasteiger partial charge in [-0.1, -0.05) is 6.07 Å². The van der Waals surface area contributed by atoms with Gasteiger partial charge < -0.3 is 5.73 Å². The molecule has 2 N–H and O–H groups in total. The summed E-state index contributed by atoms with van der Waals surface area (Å²) in [6, 6.07) is 4.36. The lowest BCUT2D eigenvalue weighted by Gasteiger charge is -2.15. The number of anilines is 1. The number of sulfonamides is 1. The lowest BCUT2D eigenvalue weighted by molar-refractivity contribution is 0.431. The molecule has 0 aromatic heterocycles. The Morgan fingerprint density at radius 3 is 2.75 bits per heavy atom. The molecule has 1 aromatic rings. The Morgan fingerprint density at radius 2 is 2.19 bits per heavy atom. The minimum atomic E-state index is -3.21. The molecule has 2 rings (SSSR count). The highest BCUT2D eigenvalue weighted by Crippen LogP contribution is 2.22. The molecule has 1 heterocycles. The van der Waals surface area contributed by atoms with Gasteiger partial charge in [-0.25, -0.2) is 12.8 Å². The Bertz CT molecular complexity index is 481. The van der Waals surface area contributed by atoms with E-state index in [1.54, 1.807) is 6.07 Å². The molecule has 0 amide bonds. The predicted molar refractivity (Wildman–Crippen MR) is 59.6 cm³/mol. The summed E-state index contributed by atoms with van der Waals surface area (Å²) in [5, 5.41) is 0. The van der Waals surface area contributed by atoms with Gasteiger partial charge in [0.15, 0.2) is 0 Å². The molecule has 0 bridgehead atoms. The smallest absolute Gasteiger partial charge is 0.214 e. The van der Waals surface area contributed by atoms with Crippen molar-refractivity contribution in [1.82, 2.24) is 4.31 Å². The van der Waals surface area contributed by atoms with E-state index >= 15 is 0 Å². The van der Waals surface area contributed by atoms with Crippen LogP contribution in [0.15, 0.2) is 18.2 Å². The number of halogens is 1. The minimum Gasteiger partial charge on any atom is -0.398 e. The highest BCUT2D eigenvalue weighted by Gasteiger charge is 2.29. The third kappa shape index (κ3) is 2.03. The fourth-order valence-corrected chi connectivity index (χ4v) is 3.27. The molecule has 1 saturated heterocycles. The molecule has 0 saturated carbocycles. The van der Waals surface area contributed by atoms with Gasteiger partial charge in [-0.2, -0.15) is 4.31 Å². The van der Waals surface area contributed by atoms with Crippen molar-refractivity contribution in [1.29, 1.82) is 0 Å². The maximum absolute atomic E-state index is 13.5. The number of nitrogens with two attached hydrogens (primary N) is 1. The van der Waals surface area contributed by atoms with E-state index in [0.29, 0.717) is 18.7 Å². The summed E-state index contributed by atoms with van der Waals surface area (Å²) in [4.78, 5) is 0. The van der Waals surface area contributed by atoms with Gasteiger partial charge in [0.05, 0.1) is 5.75 Å². The Kier molecular flexibility index (Phi) is 2.86. The molecule has 6 heteroatoms. The highest BCUT2D eigenvalue weighted by molar-refractivity contribution is 7.89. The first-order valence-corrected chi connectivity index (χ1v) is 6.62. The third-order valence-electron chi connectivity index (χ3n) is 2.69. The van der Waals surface area contributed by atoms with Gasteiger partial charge in [-0.3, -0.25) is 0 Å². The Hall–Kier alpha value is -1.14. The first-order chi connectivity index (χ1) is 7.50. The van der Waals surface area contributed by atoms with Gasteiger partial charge in [0, 0.05) is 24.3 Å². The molecule has 1 aliphatic heterocycles. The van der Waals surface area contributed by atoms with Crippen molar-refractivity contribution in [3.63, 3.8) is 0 Å². The molecular weight excluding hydrogens is 231 g/mol. The Balaban J connectivity index is 2.28. The van der Waals surface area contributed by atoms with Crippen molar-refractivity contribution < 1.29 is 12.8 Å². The molecule has 0 atom stereocenters. The van der Waals surface area contributed by atoms with Crippen LogP contribution in [0.4, 0.5) is 10.1 Å². The van der Waals surface area contributed by atoms with Crippen LogP contribution in [0.1, 0.15) is 12.0 Å². The van der Waals surface area contributed by atoms with E-state index in [-0.39, 0.29) is 17.9 Å². The molecule has 1 fully saturated rings. The van der Waals surface area contributed by atoms with Crippen LogP contribution in [0, 0.1) is 5.82 Å². The maximum atomic E-state index is 13.5. The molecule has 4 nitrogen and oxygen atoms in total. The first-order valence-electron chi connectivity index (χ1n) is 5.01. The fraction of sp³-hybridized carbons (Fsp3) is 0.400. The van der Waals surface area contributed by atoms with Gasteiger partial charge >= 0.3 is 0 Å². The van der Waals surface area contributed by atoms with E-state index in [9.17, 15) is 12.8 Å². The molecule has 0 radical (unpaired) electrons. The molecular formula is C10H13FN2O2S. The lowest BCUT2D eigenvalue weighted by atomic mass is 10.1. The number of hydrogen-bond acceptors (Lipinski definition) is 3. The Morgan fingerprint density at radius 1 is 1.44 bits per heavy atom. The Labute approximate surface area is 93.9 Å². The molecule has 88 valence electrons. The molecule has 0 spiro atoms. The van der Waals surface area contributed by atoms with Crippen LogP contribution in [-0.4, -0.2) is 25.0 Å². The van der Waals surface area contributed by atoms with E-state index < -0.39 is 15.8 Å². The molecule has 1 aromatic carbocycles. The lowest BCUT2D eigenvalue weighted by Crippen LogP contribution is -2.26. The maximum Gasteiger partial charge on any atom is 0.214 e. The molecule has 0 aliphatic carbocycles. The number of nitrogen functional groups attached to an aromatic ring is 1. The number of rotatable bonds is 2. The number of hydrogen-bond donors (Lipinski definition) is 1. The van der Waals surface area contributed by atoms with E-state index in [4.69, 9.17) is 5.73 Å². The zero-order chi connectivity index (χ0) is 11.8. The average molecular weight is 244 g/mol. The van der Waals surface area contributed by atoms with Crippen molar-refractivity contribution >= 4 is 15.7 Å². The van der Waals surface area contributed by atoms with Crippen LogP contribution >= 0.6 is 0 Å². The van der Waals surface area contributed by atoms with Crippen LogP contribution < -0.4 is 5.73 Å². The van der Waals surface area contributed by atoms with Gasteiger partial charge in [0.2, 0.25) is 10.0 Å². The van der Waals surface area contributed by atoms with E-state index in [0.717, 1.165) is 0 Å². The SMILES string of the molecule is Nc1cccc(F)c1CN1CCCS1(=O)=O. The summed E-state index contributed by atoms with van der Waals surface area (Å²) in [5.41, 5.74) is 6.18. The van der Waals surface area contributed by atoms with Gasteiger partial charge in [0.1, 0.15) is 5.82 Å². The van der Waals surface area contributed by atoms with E-state index in [2.05, 4.69) is 0 Å². The highest BCUT2D eigenvalue weighted by atomic mass is 32.2. The summed E-state index contributed by atoms with van der Waals surface area (Å²) in [5.74, 6) is -0.316. The zero-order valence-electron chi connectivity index (χ0n) is 8.69. The third-order valence-corrected chi connectivity index (χ3v) is 4.60. The van der Waals surface area contributed by atoms with Crippen molar-refractivity contribution in [2.45, 2.75) is 13.0 Å². The van der Waals surface area contributed by atoms with E-state index in [1.807, 2.05) is 0 Å². The normalized spacial score (nSPS) is 20.1. The minimum absolute atomic E-state index is 0.0286. The van der Waals surface area contributed by atoms with Crippen LogP contribution in [0.25, 0.3) is 0 Å². The second-order valence-electron chi connectivity index (χ2n) is 3.81. The van der Waals surface area contributed by atoms with Crippen molar-refractivity contribution in [2.75, 3.05) is 18.0 Å². The molecule has 16 heavy (non-hydrogen) atoms. The number of nitrogens with zero attached hydrogens (tertiary/aromatic N) is 1. The van der Waals surface area contributed by atoms with Crippen LogP contribution in [-0.2, 0) is 16.6 Å². The first kappa shape index (κ1) is 11.3. The summed E-state index contributed by atoms with van der Waals surface area (Å²) in [7, 11) is -3.21. The zero-order valence-corrected chi connectivity index (χ0v) is 9.50. The summed E-state index contributed by atoms with van der Waals surface area (Å²) in [6.07, 6.45) is 0.594. The second kappa shape index (κ2) is 4.03. The number of benzene rings is 1. The summed E-state index contributed by atoms with van der Waals surface area (Å²) >= 11 is 0. The van der Waals surface area contributed by atoms with Gasteiger partial charge in [-0.15, -0.1) is 0 Å². The van der Waals surface area contributed by atoms with Crippen LogP contribution in [0.5, 0.6) is 0 Å². The topological polar surface area (TPSA) is 63.4 Å². The second-order valence-corrected chi connectivity index (χ2v) is 5.90.